The topological polar surface area (TPSA) is 84.4 Å². The van der Waals surface area contributed by atoms with Crippen molar-refractivity contribution in [3.63, 3.8) is 0 Å². The molecule has 1 aromatic carbocycles. The van der Waals surface area contributed by atoms with Crippen LogP contribution in [0.25, 0.3) is 0 Å². The maximum absolute atomic E-state index is 13.2. The van der Waals surface area contributed by atoms with Crippen LogP contribution in [0.5, 0.6) is 5.75 Å². The van der Waals surface area contributed by atoms with E-state index in [0.717, 1.165) is 18.5 Å². The summed E-state index contributed by atoms with van der Waals surface area (Å²) in [5, 5.41) is 10.7. The first-order chi connectivity index (χ1) is 14.7. The van der Waals surface area contributed by atoms with E-state index in [2.05, 4.69) is 0 Å². The highest BCUT2D eigenvalue weighted by Gasteiger charge is 2.44. The number of carbonyl (C=O) groups excluding carboxylic acids is 2. The first-order valence-electron chi connectivity index (χ1n) is 10.6. The molecule has 2 heterocycles. The lowest BCUT2D eigenvalue weighted by atomic mass is 9.95. The summed E-state index contributed by atoms with van der Waals surface area (Å²) in [7, 11) is 4.08. The summed E-state index contributed by atoms with van der Waals surface area (Å²) in [6.07, 6.45) is 0.778. The zero-order valence-corrected chi connectivity index (χ0v) is 18.8. The number of nitrogens with one attached hydrogen (secondary N) is 1. The molecule has 1 amide bonds. The van der Waals surface area contributed by atoms with Gasteiger partial charge in [-0.2, -0.15) is 0 Å². The molecule has 0 bridgehead atoms. The third kappa shape index (κ3) is 4.99. The van der Waals surface area contributed by atoms with Crippen LogP contribution in [-0.2, 0) is 4.79 Å². The number of amides is 1. The average molecular weight is 428 g/mol. The summed E-state index contributed by atoms with van der Waals surface area (Å²) in [5.41, 5.74) is 0.784. The highest BCUT2D eigenvalue weighted by molar-refractivity contribution is 6.15. The van der Waals surface area contributed by atoms with Crippen molar-refractivity contribution in [2.24, 2.45) is 0 Å². The van der Waals surface area contributed by atoms with E-state index in [0.29, 0.717) is 18.1 Å². The van der Waals surface area contributed by atoms with Crippen LogP contribution in [-0.4, -0.2) is 55.0 Å². The second kappa shape index (κ2) is 9.39. The van der Waals surface area contributed by atoms with Gasteiger partial charge in [0.2, 0.25) is 5.78 Å². The van der Waals surface area contributed by atoms with E-state index >= 15 is 0 Å². The number of rotatable bonds is 9. The molecule has 0 saturated carbocycles. The van der Waals surface area contributed by atoms with Crippen molar-refractivity contribution in [1.82, 2.24) is 4.90 Å². The molecular weight excluding hydrogens is 396 g/mol. The minimum absolute atomic E-state index is 0.0345. The summed E-state index contributed by atoms with van der Waals surface area (Å²) < 4.78 is 11.2. The average Bonchev–Trinajstić information content (AvgIpc) is 3.24. The predicted octanol–water partition coefficient (Wildman–Crippen LogP) is 2.49. The van der Waals surface area contributed by atoms with Gasteiger partial charge >= 0.3 is 0 Å². The summed E-state index contributed by atoms with van der Waals surface area (Å²) in [5.74, 6) is -0.126. The first-order valence-corrected chi connectivity index (χ1v) is 10.6. The van der Waals surface area contributed by atoms with Crippen LogP contribution in [0.15, 0.2) is 52.1 Å². The maximum atomic E-state index is 13.2. The molecule has 7 nitrogen and oxygen atoms in total. The van der Waals surface area contributed by atoms with E-state index in [4.69, 9.17) is 9.15 Å². The van der Waals surface area contributed by atoms with E-state index in [1.165, 1.54) is 4.90 Å². The van der Waals surface area contributed by atoms with Crippen LogP contribution in [0, 0.1) is 6.92 Å². The van der Waals surface area contributed by atoms with Gasteiger partial charge in [0.15, 0.2) is 11.5 Å². The predicted molar refractivity (Wildman–Crippen MR) is 116 cm³/mol. The molecule has 1 aromatic heterocycles. The summed E-state index contributed by atoms with van der Waals surface area (Å²) in [6.45, 7) is 6.92. The number of carbonyl (C=O) groups is 2. The highest BCUT2D eigenvalue weighted by atomic mass is 16.5. The minimum atomic E-state index is -0.685. The van der Waals surface area contributed by atoms with Crippen molar-refractivity contribution < 1.29 is 28.7 Å². The molecule has 166 valence electrons. The van der Waals surface area contributed by atoms with Crippen LogP contribution in [0.2, 0.25) is 0 Å². The van der Waals surface area contributed by atoms with Crippen molar-refractivity contribution in [1.29, 1.82) is 0 Å². The zero-order valence-electron chi connectivity index (χ0n) is 18.8. The van der Waals surface area contributed by atoms with E-state index in [1.807, 2.05) is 52.2 Å². The van der Waals surface area contributed by atoms with Gasteiger partial charge in [0, 0.05) is 13.0 Å². The second-order valence-corrected chi connectivity index (χ2v) is 8.45. The normalized spacial score (nSPS) is 16.7. The molecular formula is C24H31N2O5+. The van der Waals surface area contributed by atoms with Crippen molar-refractivity contribution in [3.05, 3.63) is 64.8 Å². The highest BCUT2D eigenvalue weighted by Crippen LogP contribution is 2.39. The Labute approximate surface area is 182 Å². The number of hydrogen-bond donors (Lipinski definition) is 2. The Balaban J connectivity index is 1.98. The molecule has 2 N–H and O–H groups in total. The standard InChI is InChI=1S/C24H30N2O5/c1-15(2)30-18-10-8-17(9-11-18)21-20(22(27)19-12-7-16(3)31-19)23(28)24(29)26(21)14-6-13-25(4)5/h7-12,15,21,28H,6,13-14H2,1-5H3/p+1/t21-/m1/s1. The quantitative estimate of drug-likeness (QED) is 0.601. The molecule has 0 radical (unpaired) electrons. The Hall–Kier alpha value is -3.06. The number of ketones is 1. The monoisotopic (exact) mass is 427 g/mol. The Kier molecular flexibility index (Phi) is 6.85. The van der Waals surface area contributed by atoms with Crippen molar-refractivity contribution in [2.75, 3.05) is 27.2 Å². The van der Waals surface area contributed by atoms with Crippen LogP contribution in [0.4, 0.5) is 0 Å². The molecule has 1 atom stereocenters. The molecule has 7 heteroatoms. The van der Waals surface area contributed by atoms with Gasteiger partial charge < -0.3 is 24.1 Å². The number of benzene rings is 1. The second-order valence-electron chi connectivity index (χ2n) is 8.45. The Bertz CT molecular complexity index is 972. The number of furan rings is 1. The number of quaternary nitrogens is 1. The van der Waals surface area contributed by atoms with E-state index in [9.17, 15) is 14.7 Å². The summed E-state index contributed by atoms with van der Waals surface area (Å²) >= 11 is 0. The number of aliphatic hydroxyl groups is 1. The molecule has 2 aromatic rings. The van der Waals surface area contributed by atoms with Crippen LogP contribution < -0.4 is 9.64 Å². The van der Waals surface area contributed by atoms with Crippen molar-refractivity contribution in [2.45, 2.75) is 39.3 Å². The Morgan fingerprint density at radius 3 is 2.42 bits per heavy atom. The van der Waals surface area contributed by atoms with Gasteiger partial charge in [-0.15, -0.1) is 0 Å². The molecule has 3 rings (SSSR count). The lowest BCUT2D eigenvalue weighted by Gasteiger charge is -2.27. The number of Topliss-reactive ketones (excluding diaryl/α,β-unsaturated/α-hetero) is 1. The number of hydrogen-bond acceptors (Lipinski definition) is 5. The van der Waals surface area contributed by atoms with Crippen LogP contribution in [0.1, 0.15) is 48.2 Å². The fraction of sp³-hybridized carbons (Fsp3) is 0.417. The fourth-order valence-corrected chi connectivity index (χ4v) is 3.76. The molecule has 1 aliphatic rings. The SMILES string of the molecule is Cc1ccc(C(=O)C2=C(O)C(=O)N(CCC[NH+](C)C)[C@@H]2c2ccc(OC(C)C)cc2)o1. The molecule has 0 fully saturated rings. The third-order valence-electron chi connectivity index (χ3n) is 5.16. The van der Waals surface area contributed by atoms with Crippen LogP contribution >= 0.6 is 0 Å². The molecule has 0 saturated heterocycles. The zero-order chi connectivity index (χ0) is 22.7. The lowest BCUT2D eigenvalue weighted by molar-refractivity contribution is -0.858. The molecule has 1 aliphatic heterocycles. The summed E-state index contributed by atoms with van der Waals surface area (Å²) in [4.78, 5) is 29.0. The van der Waals surface area contributed by atoms with Crippen molar-refractivity contribution >= 4 is 11.7 Å². The van der Waals surface area contributed by atoms with Gasteiger partial charge in [0.05, 0.1) is 38.4 Å². The number of nitrogens with zero attached hydrogens (tertiary/aromatic N) is 1. The van der Waals surface area contributed by atoms with E-state index < -0.39 is 23.5 Å². The number of ether oxygens (including phenoxy) is 1. The van der Waals surface area contributed by atoms with Gasteiger partial charge in [-0.05, 0) is 50.6 Å². The van der Waals surface area contributed by atoms with Crippen LogP contribution in [0.3, 0.4) is 0 Å². The summed E-state index contributed by atoms with van der Waals surface area (Å²) in [6, 6.07) is 9.87. The Morgan fingerprint density at radius 1 is 1.19 bits per heavy atom. The van der Waals surface area contributed by atoms with E-state index in [1.54, 1.807) is 24.0 Å². The largest absolute Gasteiger partial charge is 0.503 e. The van der Waals surface area contributed by atoms with Gasteiger partial charge in [-0.3, -0.25) is 9.59 Å². The number of aliphatic hydroxyl groups excluding tert-OH is 1. The molecule has 0 spiro atoms. The van der Waals surface area contributed by atoms with Gasteiger partial charge in [-0.25, -0.2) is 0 Å². The van der Waals surface area contributed by atoms with Gasteiger partial charge in [0.25, 0.3) is 5.91 Å². The smallest absolute Gasteiger partial charge is 0.290 e. The molecule has 0 aliphatic carbocycles. The Morgan fingerprint density at radius 2 is 1.87 bits per heavy atom. The van der Waals surface area contributed by atoms with Gasteiger partial charge in [0.1, 0.15) is 11.5 Å². The van der Waals surface area contributed by atoms with Crippen molar-refractivity contribution in [3.8, 4) is 5.75 Å². The molecule has 31 heavy (non-hydrogen) atoms. The van der Waals surface area contributed by atoms with E-state index in [-0.39, 0.29) is 17.4 Å². The maximum Gasteiger partial charge on any atom is 0.290 e. The minimum Gasteiger partial charge on any atom is -0.503 e. The first kappa shape index (κ1) is 22.6. The lowest BCUT2D eigenvalue weighted by Crippen LogP contribution is -3.05. The fourth-order valence-electron chi connectivity index (χ4n) is 3.76. The van der Waals surface area contributed by atoms with Gasteiger partial charge in [-0.1, -0.05) is 12.1 Å². The third-order valence-corrected chi connectivity index (χ3v) is 5.16. The number of aryl methyl sites for hydroxylation is 1. The molecule has 0 unspecified atom stereocenters.